The lowest BCUT2D eigenvalue weighted by Crippen LogP contribution is -2.63. The lowest BCUT2D eigenvalue weighted by Gasteiger charge is -2.40. The molecule has 0 bridgehead atoms. The van der Waals surface area contributed by atoms with Crippen LogP contribution in [0.3, 0.4) is 0 Å². The number of aliphatic imine (C=N–C) groups is 1. The van der Waals surface area contributed by atoms with Gasteiger partial charge in [0.25, 0.3) is 5.91 Å². The van der Waals surface area contributed by atoms with Gasteiger partial charge in [0.15, 0.2) is 12.2 Å². The Labute approximate surface area is 164 Å². The number of carbonyl (C=O) groups is 2. The Balaban J connectivity index is 1.58. The summed E-state index contributed by atoms with van der Waals surface area (Å²) in [5, 5.41) is 0. The van der Waals surface area contributed by atoms with Crippen molar-refractivity contribution in [3.05, 3.63) is 47.8 Å². The number of ether oxygens (including phenoxy) is 1. The zero-order valence-electron chi connectivity index (χ0n) is 16.4. The summed E-state index contributed by atoms with van der Waals surface area (Å²) in [4.78, 5) is 37.8. The summed E-state index contributed by atoms with van der Waals surface area (Å²) in [5.74, 6) is 0.525. The van der Waals surface area contributed by atoms with Crippen LogP contribution < -0.4 is 0 Å². The molecule has 0 aromatic heterocycles. The summed E-state index contributed by atoms with van der Waals surface area (Å²) in [5.41, 5.74) is 1.96. The largest absolute Gasteiger partial charge is 0.385 e. The van der Waals surface area contributed by atoms with Gasteiger partial charge in [0.1, 0.15) is 0 Å². The van der Waals surface area contributed by atoms with Crippen molar-refractivity contribution in [1.29, 1.82) is 0 Å². The third-order valence-electron chi connectivity index (χ3n) is 5.42. The van der Waals surface area contributed by atoms with Crippen molar-refractivity contribution in [3.8, 4) is 0 Å². The van der Waals surface area contributed by atoms with Crippen LogP contribution in [0.1, 0.15) is 18.9 Å². The summed E-state index contributed by atoms with van der Waals surface area (Å²) in [6, 6.07) is 8.72. The first-order valence-electron chi connectivity index (χ1n) is 9.46. The number of urea groups is 1. The lowest BCUT2D eigenvalue weighted by atomic mass is 10.1. The molecule has 3 aliphatic heterocycles. The smallest absolute Gasteiger partial charge is 0.328 e. The lowest BCUT2D eigenvalue weighted by molar-refractivity contribution is -0.137. The molecule has 3 amide bonds. The van der Waals surface area contributed by atoms with Gasteiger partial charge in [-0.1, -0.05) is 30.3 Å². The van der Waals surface area contributed by atoms with Crippen LogP contribution in [0.4, 0.5) is 4.79 Å². The Kier molecular flexibility index (Phi) is 4.80. The second kappa shape index (κ2) is 7.27. The Morgan fingerprint density at radius 3 is 2.61 bits per heavy atom. The molecule has 3 aliphatic rings. The van der Waals surface area contributed by atoms with Gasteiger partial charge in [-0.3, -0.25) is 9.69 Å². The summed E-state index contributed by atoms with van der Waals surface area (Å²) in [7, 11) is 3.39. The Morgan fingerprint density at radius 1 is 1.14 bits per heavy atom. The molecule has 4 rings (SSSR count). The van der Waals surface area contributed by atoms with E-state index < -0.39 is 12.2 Å². The second-order valence-electron chi connectivity index (χ2n) is 7.27. The molecule has 28 heavy (non-hydrogen) atoms. The van der Waals surface area contributed by atoms with Crippen LogP contribution in [0.5, 0.6) is 0 Å². The van der Waals surface area contributed by atoms with Crippen LogP contribution in [0.15, 0.2) is 47.2 Å². The molecule has 1 aromatic carbocycles. The topological polar surface area (TPSA) is 68.7 Å². The van der Waals surface area contributed by atoms with E-state index in [0.717, 1.165) is 30.2 Å². The number of amides is 3. The summed E-state index contributed by atoms with van der Waals surface area (Å²) >= 11 is 0. The van der Waals surface area contributed by atoms with Gasteiger partial charge in [0.2, 0.25) is 5.96 Å². The van der Waals surface area contributed by atoms with Gasteiger partial charge < -0.3 is 19.4 Å². The van der Waals surface area contributed by atoms with Crippen LogP contribution in [0.25, 0.3) is 0 Å². The van der Waals surface area contributed by atoms with E-state index in [4.69, 9.17) is 9.73 Å². The maximum atomic E-state index is 13.3. The monoisotopic (exact) mass is 383 g/mol. The number of imide groups is 1. The number of fused-ring (bicyclic) bond motifs is 3. The van der Waals surface area contributed by atoms with Crippen molar-refractivity contribution in [2.75, 3.05) is 27.3 Å². The van der Waals surface area contributed by atoms with Crippen molar-refractivity contribution in [2.45, 2.75) is 32.1 Å². The van der Waals surface area contributed by atoms with E-state index in [-0.39, 0.29) is 18.5 Å². The summed E-state index contributed by atoms with van der Waals surface area (Å²) in [6.45, 7) is 3.68. The molecule has 148 valence electrons. The highest BCUT2D eigenvalue weighted by atomic mass is 16.5. The van der Waals surface area contributed by atoms with E-state index in [9.17, 15) is 9.59 Å². The first-order valence-corrected chi connectivity index (χ1v) is 9.46. The van der Waals surface area contributed by atoms with E-state index in [1.54, 1.807) is 19.1 Å². The van der Waals surface area contributed by atoms with Crippen LogP contribution >= 0.6 is 0 Å². The van der Waals surface area contributed by atoms with E-state index >= 15 is 0 Å². The molecule has 2 unspecified atom stereocenters. The van der Waals surface area contributed by atoms with E-state index in [2.05, 4.69) is 4.90 Å². The van der Waals surface area contributed by atoms with Gasteiger partial charge in [-0.25, -0.2) is 9.79 Å². The summed E-state index contributed by atoms with van der Waals surface area (Å²) in [6.07, 6.45) is 2.31. The maximum absolute atomic E-state index is 13.3. The number of likely N-dealkylation sites (N-methyl/N-ethyl adjacent to an activating group) is 1. The third-order valence-corrected chi connectivity index (χ3v) is 5.42. The molecule has 0 spiro atoms. The fraction of sp³-hybridized carbons (Fsp3) is 0.450. The highest BCUT2D eigenvalue weighted by Gasteiger charge is 2.54. The van der Waals surface area contributed by atoms with Crippen molar-refractivity contribution < 1.29 is 14.3 Å². The Morgan fingerprint density at radius 2 is 1.89 bits per heavy atom. The number of hydrogen-bond donors (Lipinski definition) is 0. The number of allylic oxidation sites excluding steroid dienone is 1. The van der Waals surface area contributed by atoms with E-state index in [1.807, 2.05) is 48.4 Å². The highest BCUT2D eigenvalue weighted by molar-refractivity contribution is 6.04. The van der Waals surface area contributed by atoms with E-state index in [1.165, 1.54) is 4.90 Å². The standard InChI is InChI=1S/C20H25N5O3/c1-14-12-24-16-17(21-19(24)23(14)10-7-11-28-3)22(2)20(27)25(18(16)26)13-15-8-5-4-6-9-15/h4-6,8-9,12,16-17H,7,10-11,13H2,1-3H3. The molecule has 1 fully saturated rings. The van der Waals surface area contributed by atoms with Crippen molar-refractivity contribution >= 4 is 17.9 Å². The third kappa shape index (κ3) is 2.93. The zero-order valence-corrected chi connectivity index (χ0v) is 16.4. The molecule has 2 atom stereocenters. The molecule has 8 heteroatoms. The predicted octanol–water partition coefficient (Wildman–Crippen LogP) is 1.66. The molecular formula is C20H25N5O3. The highest BCUT2D eigenvalue weighted by Crippen LogP contribution is 2.34. The number of rotatable bonds is 6. The molecule has 8 nitrogen and oxygen atoms in total. The van der Waals surface area contributed by atoms with Gasteiger partial charge in [-0.2, -0.15) is 0 Å². The molecular weight excluding hydrogens is 358 g/mol. The SMILES string of the molecule is COCCCN1C(C)=CN2C1=NC1C2C(=O)N(Cc2ccccc2)C(=O)N1C. The average Bonchev–Trinajstić information content (AvgIpc) is 3.20. The van der Waals surface area contributed by atoms with Crippen molar-refractivity contribution in [1.82, 2.24) is 19.6 Å². The Hall–Kier alpha value is -2.87. The number of carbonyl (C=O) groups excluding carboxylic acids is 2. The molecule has 0 saturated carbocycles. The number of guanidine groups is 1. The zero-order chi connectivity index (χ0) is 19.8. The molecule has 1 aromatic rings. The number of benzene rings is 1. The van der Waals surface area contributed by atoms with Crippen LogP contribution in [-0.2, 0) is 16.1 Å². The van der Waals surface area contributed by atoms with Crippen LogP contribution in [-0.4, -0.2) is 77.0 Å². The van der Waals surface area contributed by atoms with Gasteiger partial charge in [0, 0.05) is 39.2 Å². The fourth-order valence-electron chi connectivity index (χ4n) is 3.96. The predicted molar refractivity (Wildman–Crippen MR) is 104 cm³/mol. The maximum Gasteiger partial charge on any atom is 0.328 e. The first kappa shape index (κ1) is 18.5. The van der Waals surface area contributed by atoms with Gasteiger partial charge in [-0.05, 0) is 18.9 Å². The van der Waals surface area contributed by atoms with Crippen LogP contribution in [0, 0.1) is 0 Å². The minimum Gasteiger partial charge on any atom is -0.385 e. The molecule has 0 radical (unpaired) electrons. The second-order valence-corrected chi connectivity index (χ2v) is 7.27. The number of methoxy groups -OCH3 is 1. The average molecular weight is 383 g/mol. The summed E-state index contributed by atoms with van der Waals surface area (Å²) < 4.78 is 5.15. The Bertz CT molecular complexity index is 838. The normalized spacial score (nSPS) is 23.8. The molecule has 0 aliphatic carbocycles. The minimum atomic E-state index is -0.524. The fourth-order valence-corrected chi connectivity index (χ4v) is 3.96. The molecule has 1 saturated heterocycles. The van der Waals surface area contributed by atoms with Gasteiger partial charge >= 0.3 is 6.03 Å². The van der Waals surface area contributed by atoms with Crippen LogP contribution in [0.2, 0.25) is 0 Å². The van der Waals surface area contributed by atoms with Crippen molar-refractivity contribution in [3.63, 3.8) is 0 Å². The van der Waals surface area contributed by atoms with Gasteiger partial charge in [-0.15, -0.1) is 0 Å². The van der Waals surface area contributed by atoms with Crippen molar-refractivity contribution in [2.24, 2.45) is 4.99 Å². The molecule has 0 N–H and O–H groups in total. The van der Waals surface area contributed by atoms with Gasteiger partial charge in [0.05, 0.1) is 6.54 Å². The molecule has 3 heterocycles. The number of nitrogens with zero attached hydrogens (tertiary/aromatic N) is 5. The quantitative estimate of drug-likeness (QED) is 0.699. The minimum absolute atomic E-state index is 0.210. The number of hydrogen-bond acceptors (Lipinski definition) is 6. The first-order chi connectivity index (χ1) is 13.5. The van der Waals surface area contributed by atoms with E-state index in [0.29, 0.717) is 6.61 Å².